The quantitative estimate of drug-likeness (QED) is 0.661. The van der Waals surface area contributed by atoms with E-state index in [1.165, 1.54) is 17.3 Å². The zero-order chi connectivity index (χ0) is 18.9. The van der Waals surface area contributed by atoms with Crippen LogP contribution in [0.1, 0.15) is 37.5 Å². The molecule has 1 amide bonds. The summed E-state index contributed by atoms with van der Waals surface area (Å²) in [4.78, 5) is 17.3. The van der Waals surface area contributed by atoms with Gasteiger partial charge < -0.3 is 5.32 Å². The van der Waals surface area contributed by atoms with Gasteiger partial charge in [0, 0.05) is 5.02 Å². The van der Waals surface area contributed by atoms with E-state index in [4.69, 9.17) is 11.6 Å². The highest BCUT2D eigenvalue weighted by Gasteiger charge is 2.24. The number of rotatable bonds is 2. The second-order valence-electron chi connectivity index (χ2n) is 7.29. The molecular weight excluding hydrogens is 364 g/mol. The van der Waals surface area contributed by atoms with Crippen molar-refractivity contribution in [2.45, 2.75) is 33.1 Å². The number of hydrogen-bond acceptors (Lipinski definition) is 3. The molecule has 0 saturated carbocycles. The van der Waals surface area contributed by atoms with Crippen molar-refractivity contribution in [3.8, 4) is 0 Å². The van der Waals surface area contributed by atoms with Crippen LogP contribution in [0.5, 0.6) is 0 Å². The van der Waals surface area contributed by atoms with Crippen LogP contribution in [0.2, 0.25) is 5.02 Å². The van der Waals surface area contributed by atoms with E-state index in [1.807, 2.05) is 37.3 Å². The number of carbonyl (C=O) groups is 1. The summed E-state index contributed by atoms with van der Waals surface area (Å²) in [6.07, 6.45) is 1.89. The van der Waals surface area contributed by atoms with Crippen LogP contribution in [-0.4, -0.2) is 11.1 Å². The molecule has 134 valence electrons. The SMILES string of the molecule is Cc1ccc(N=C2NC(=O)/C(=C/c3ccc(C(C)(C)C)cc3)S2)cc1Cl. The van der Waals surface area contributed by atoms with Gasteiger partial charge in [0.1, 0.15) is 0 Å². The fourth-order valence-electron chi connectivity index (χ4n) is 2.48. The maximum absolute atomic E-state index is 12.2. The molecule has 1 aliphatic heterocycles. The first-order valence-electron chi connectivity index (χ1n) is 8.39. The molecule has 0 spiro atoms. The highest BCUT2D eigenvalue weighted by Crippen LogP contribution is 2.30. The first-order valence-corrected chi connectivity index (χ1v) is 9.58. The van der Waals surface area contributed by atoms with Gasteiger partial charge in [-0.05, 0) is 59.0 Å². The zero-order valence-corrected chi connectivity index (χ0v) is 16.8. The number of halogens is 1. The summed E-state index contributed by atoms with van der Waals surface area (Å²) in [6, 6.07) is 13.9. The van der Waals surface area contributed by atoms with Crippen LogP contribution in [0, 0.1) is 6.92 Å². The minimum atomic E-state index is -0.133. The van der Waals surface area contributed by atoms with Crippen LogP contribution < -0.4 is 5.32 Å². The van der Waals surface area contributed by atoms with Gasteiger partial charge in [0.2, 0.25) is 0 Å². The molecule has 2 aromatic carbocycles. The first kappa shape index (κ1) is 18.7. The van der Waals surface area contributed by atoms with Gasteiger partial charge in [-0.1, -0.05) is 62.7 Å². The Morgan fingerprint density at radius 3 is 2.42 bits per heavy atom. The molecule has 0 aromatic heterocycles. The number of amidine groups is 1. The Kier molecular flexibility index (Phi) is 5.26. The predicted octanol–water partition coefficient (Wildman–Crippen LogP) is 5.84. The van der Waals surface area contributed by atoms with Crippen molar-refractivity contribution in [2.24, 2.45) is 4.99 Å². The van der Waals surface area contributed by atoms with Crippen LogP contribution in [0.15, 0.2) is 52.4 Å². The van der Waals surface area contributed by atoms with Crippen molar-refractivity contribution in [3.05, 3.63) is 69.1 Å². The van der Waals surface area contributed by atoms with E-state index >= 15 is 0 Å². The smallest absolute Gasteiger partial charge is 0.264 e. The third-order valence-electron chi connectivity index (χ3n) is 4.11. The lowest BCUT2D eigenvalue weighted by Gasteiger charge is -2.18. The number of aryl methyl sites for hydroxylation is 1. The Bertz CT molecular complexity index is 909. The van der Waals surface area contributed by atoms with Crippen molar-refractivity contribution in [2.75, 3.05) is 0 Å². The van der Waals surface area contributed by atoms with Gasteiger partial charge >= 0.3 is 0 Å². The normalized spacial score (nSPS) is 17.8. The van der Waals surface area contributed by atoms with Crippen molar-refractivity contribution in [1.82, 2.24) is 5.32 Å². The van der Waals surface area contributed by atoms with Crippen LogP contribution in [0.4, 0.5) is 5.69 Å². The lowest BCUT2D eigenvalue weighted by molar-refractivity contribution is -0.115. The van der Waals surface area contributed by atoms with E-state index in [-0.39, 0.29) is 11.3 Å². The van der Waals surface area contributed by atoms with E-state index in [0.29, 0.717) is 15.1 Å². The average molecular weight is 385 g/mol. The molecule has 1 heterocycles. The second kappa shape index (κ2) is 7.29. The summed E-state index contributed by atoms with van der Waals surface area (Å²) in [6.45, 7) is 8.49. The van der Waals surface area contributed by atoms with Gasteiger partial charge in [-0.15, -0.1) is 0 Å². The van der Waals surface area contributed by atoms with Crippen molar-refractivity contribution >= 4 is 46.2 Å². The molecule has 0 radical (unpaired) electrons. The Morgan fingerprint density at radius 1 is 1.12 bits per heavy atom. The maximum atomic E-state index is 12.2. The van der Waals surface area contributed by atoms with Crippen molar-refractivity contribution in [1.29, 1.82) is 0 Å². The number of thioether (sulfide) groups is 1. The van der Waals surface area contributed by atoms with Gasteiger partial charge in [0.05, 0.1) is 10.6 Å². The van der Waals surface area contributed by atoms with Crippen LogP contribution in [0.3, 0.4) is 0 Å². The average Bonchev–Trinajstić information content (AvgIpc) is 2.90. The highest BCUT2D eigenvalue weighted by atomic mass is 35.5. The summed E-state index contributed by atoms with van der Waals surface area (Å²) >= 11 is 7.47. The minimum absolute atomic E-state index is 0.111. The summed E-state index contributed by atoms with van der Waals surface area (Å²) in [5.74, 6) is -0.133. The molecule has 1 aliphatic rings. The van der Waals surface area contributed by atoms with E-state index in [9.17, 15) is 4.79 Å². The molecule has 0 unspecified atom stereocenters. The summed E-state index contributed by atoms with van der Waals surface area (Å²) < 4.78 is 0. The number of nitrogens with zero attached hydrogens (tertiary/aromatic N) is 1. The number of carbonyl (C=O) groups excluding carboxylic acids is 1. The maximum Gasteiger partial charge on any atom is 0.264 e. The van der Waals surface area contributed by atoms with Crippen LogP contribution >= 0.6 is 23.4 Å². The fourth-order valence-corrected chi connectivity index (χ4v) is 3.50. The largest absolute Gasteiger partial charge is 0.300 e. The second-order valence-corrected chi connectivity index (χ2v) is 8.73. The third kappa shape index (κ3) is 4.37. The predicted molar refractivity (Wildman–Crippen MR) is 112 cm³/mol. The summed E-state index contributed by atoms with van der Waals surface area (Å²) in [7, 11) is 0. The molecule has 3 rings (SSSR count). The Labute approximate surface area is 163 Å². The molecule has 0 atom stereocenters. The fraction of sp³-hybridized carbons (Fsp3) is 0.238. The Morgan fingerprint density at radius 2 is 1.81 bits per heavy atom. The molecule has 0 bridgehead atoms. The van der Waals surface area contributed by atoms with Gasteiger partial charge in [0.25, 0.3) is 5.91 Å². The van der Waals surface area contributed by atoms with Crippen LogP contribution in [0.25, 0.3) is 6.08 Å². The first-order chi connectivity index (χ1) is 12.2. The number of benzene rings is 2. The standard InChI is InChI=1S/C21H21ClN2OS/c1-13-5-10-16(12-17(13)22)23-20-24-19(25)18(26-20)11-14-6-8-15(9-7-14)21(2,3)4/h5-12H,1-4H3,(H,23,24,25)/b18-11-. The summed E-state index contributed by atoms with van der Waals surface area (Å²) in [5, 5.41) is 4.03. The highest BCUT2D eigenvalue weighted by molar-refractivity contribution is 8.18. The monoisotopic (exact) mass is 384 g/mol. The van der Waals surface area contributed by atoms with E-state index in [2.05, 4.69) is 43.2 Å². The number of aliphatic imine (C=N–C) groups is 1. The number of hydrogen-bond donors (Lipinski definition) is 1. The molecule has 1 N–H and O–H groups in total. The summed E-state index contributed by atoms with van der Waals surface area (Å²) in [5.41, 5.74) is 4.09. The van der Waals surface area contributed by atoms with Crippen molar-refractivity contribution < 1.29 is 4.79 Å². The van der Waals surface area contributed by atoms with Crippen LogP contribution in [-0.2, 0) is 10.2 Å². The number of amides is 1. The molecule has 2 aromatic rings. The molecule has 1 fully saturated rings. The third-order valence-corrected chi connectivity index (χ3v) is 5.43. The van der Waals surface area contributed by atoms with Crippen molar-refractivity contribution in [3.63, 3.8) is 0 Å². The lowest BCUT2D eigenvalue weighted by Crippen LogP contribution is -2.19. The van der Waals surface area contributed by atoms with Gasteiger partial charge in [-0.2, -0.15) is 0 Å². The molecule has 1 saturated heterocycles. The lowest BCUT2D eigenvalue weighted by atomic mass is 9.87. The molecule has 0 aliphatic carbocycles. The Hall–Kier alpha value is -2.04. The molecule has 26 heavy (non-hydrogen) atoms. The van der Waals surface area contributed by atoms with E-state index in [0.717, 1.165) is 16.8 Å². The van der Waals surface area contributed by atoms with E-state index in [1.54, 1.807) is 6.07 Å². The molecule has 5 heteroatoms. The minimum Gasteiger partial charge on any atom is -0.300 e. The van der Waals surface area contributed by atoms with Gasteiger partial charge in [-0.25, -0.2) is 4.99 Å². The van der Waals surface area contributed by atoms with Gasteiger partial charge in [-0.3, -0.25) is 4.79 Å². The Balaban J connectivity index is 1.80. The van der Waals surface area contributed by atoms with E-state index < -0.39 is 0 Å². The van der Waals surface area contributed by atoms with Gasteiger partial charge in [0.15, 0.2) is 5.17 Å². The number of nitrogens with one attached hydrogen (secondary N) is 1. The molecular formula is C21H21ClN2OS. The molecule has 3 nitrogen and oxygen atoms in total. The topological polar surface area (TPSA) is 41.5 Å². The zero-order valence-electron chi connectivity index (χ0n) is 15.3.